The predicted molar refractivity (Wildman–Crippen MR) is 101 cm³/mol. The summed E-state index contributed by atoms with van der Waals surface area (Å²) in [5, 5.41) is 8.19. The number of hydrogen-bond donors (Lipinski definition) is 0. The van der Waals surface area contributed by atoms with Crippen LogP contribution in [0.5, 0.6) is 0 Å². The second kappa shape index (κ2) is 8.97. The number of rotatable bonds is 8. The molecule has 8 heteroatoms. The summed E-state index contributed by atoms with van der Waals surface area (Å²) >= 11 is 0. The quantitative estimate of drug-likeness (QED) is 0.492. The Bertz CT molecular complexity index is 934. The molecule has 2 aromatic carbocycles. The van der Waals surface area contributed by atoms with Crippen molar-refractivity contribution in [3.05, 3.63) is 66.2 Å². The monoisotopic (exact) mass is 403 g/mol. The third-order valence-electron chi connectivity index (χ3n) is 4.48. The first kappa shape index (κ1) is 21.6. The molecule has 0 bridgehead atoms. The van der Waals surface area contributed by atoms with E-state index < -0.39 is 32.8 Å². The summed E-state index contributed by atoms with van der Waals surface area (Å²) in [6.07, 6.45) is 0. The number of ether oxygens (including phenoxy) is 3. The lowest BCUT2D eigenvalue weighted by atomic mass is 9.87. The van der Waals surface area contributed by atoms with Crippen LogP contribution in [-0.4, -0.2) is 46.8 Å². The van der Waals surface area contributed by atoms with Gasteiger partial charge in [0, 0.05) is 14.2 Å². The Morgan fingerprint density at radius 3 is 1.89 bits per heavy atom. The lowest BCUT2D eigenvalue weighted by Gasteiger charge is -2.37. The molecule has 0 fully saturated rings. The molecule has 2 atom stereocenters. The van der Waals surface area contributed by atoms with E-state index >= 15 is 0 Å². The van der Waals surface area contributed by atoms with E-state index in [9.17, 15) is 18.5 Å². The zero-order chi connectivity index (χ0) is 20.8. The highest BCUT2D eigenvalue weighted by molar-refractivity contribution is 7.92. The normalized spacial score (nSPS) is 13.9. The average molecular weight is 403 g/mol. The number of methoxy groups -OCH3 is 3. The highest BCUT2D eigenvalue weighted by atomic mass is 32.2. The van der Waals surface area contributed by atoms with E-state index in [0.717, 1.165) is 7.11 Å². The van der Waals surface area contributed by atoms with Crippen molar-refractivity contribution < 1.29 is 27.4 Å². The largest absolute Gasteiger partial charge is 0.465 e. The Labute approximate surface area is 164 Å². The van der Waals surface area contributed by atoms with E-state index in [4.69, 9.17) is 14.2 Å². The van der Waals surface area contributed by atoms with Crippen LogP contribution in [0, 0.1) is 11.3 Å². The first-order chi connectivity index (χ1) is 13.4. The molecular weight excluding hydrogens is 382 g/mol. The molecule has 0 aromatic heterocycles. The second-order valence-corrected chi connectivity index (χ2v) is 7.93. The van der Waals surface area contributed by atoms with E-state index in [0.29, 0.717) is 5.56 Å². The Morgan fingerprint density at radius 2 is 1.46 bits per heavy atom. The van der Waals surface area contributed by atoms with Gasteiger partial charge in [-0.05, 0) is 17.7 Å². The molecule has 2 unspecified atom stereocenters. The summed E-state index contributed by atoms with van der Waals surface area (Å²) in [6, 6.07) is 17.7. The Hall–Kier alpha value is -2.73. The van der Waals surface area contributed by atoms with Crippen LogP contribution in [0.1, 0.15) is 11.5 Å². The van der Waals surface area contributed by atoms with E-state index in [1.807, 2.05) is 6.07 Å². The molecule has 0 aliphatic heterocycles. The molecule has 0 N–H and O–H groups in total. The minimum absolute atomic E-state index is 0.0477. The summed E-state index contributed by atoms with van der Waals surface area (Å²) in [5.41, 5.74) is 0.377. The maximum atomic E-state index is 13.3. The lowest BCUT2D eigenvalue weighted by molar-refractivity contribution is -0.236. The standard InChI is InChI=1S/C20H21NO6S/c1-25-19(22)20(26-2,27-3)18(15-10-6-4-7-11-15)17(14-21)28(23,24)16-12-8-5-9-13-16/h4-13,17-18H,1-3H3. The predicted octanol–water partition coefficient (Wildman–Crippen LogP) is 2.30. The fourth-order valence-electron chi connectivity index (χ4n) is 3.11. The molecule has 0 saturated carbocycles. The molecule has 0 saturated heterocycles. The van der Waals surface area contributed by atoms with E-state index in [1.165, 1.54) is 26.4 Å². The molecule has 0 heterocycles. The molecule has 0 radical (unpaired) electrons. The molecule has 0 aliphatic carbocycles. The van der Waals surface area contributed by atoms with Gasteiger partial charge in [-0.3, -0.25) is 0 Å². The lowest BCUT2D eigenvalue weighted by Crippen LogP contribution is -2.53. The first-order valence-electron chi connectivity index (χ1n) is 8.31. The molecule has 0 aliphatic rings. The number of hydrogen-bond acceptors (Lipinski definition) is 7. The molecule has 0 amide bonds. The molecule has 2 rings (SSSR count). The molecule has 0 spiro atoms. The minimum atomic E-state index is -4.17. The zero-order valence-corrected chi connectivity index (χ0v) is 16.5. The highest BCUT2D eigenvalue weighted by Gasteiger charge is 2.56. The van der Waals surface area contributed by atoms with Crippen LogP contribution in [0.2, 0.25) is 0 Å². The zero-order valence-electron chi connectivity index (χ0n) is 15.7. The van der Waals surface area contributed by atoms with Crippen LogP contribution in [0.3, 0.4) is 0 Å². The fourth-order valence-corrected chi connectivity index (χ4v) is 4.77. The fraction of sp³-hybridized carbons (Fsp3) is 0.300. The van der Waals surface area contributed by atoms with E-state index in [1.54, 1.807) is 48.5 Å². The van der Waals surface area contributed by atoms with Crippen molar-refractivity contribution in [2.24, 2.45) is 0 Å². The number of sulfone groups is 1. The van der Waals surface area contributed by atoms with Gasteiger partial charge in [-0.15, -0.1) is 0 Å². The third kappa shape index (κ3) is 3.78. The maximum absolute atomic E-state index is 13.3. The van der Waals surface area contributed by atoms with Crippen molar-refractivity contribution in [2.75, 3.05) is 21.3 Å². The minimum Gasteiger partial charge on any atom is -0.465 e. The van der Waals surface area contributed by atoms with Gasteiger partial charge < -0.3 is 14.2 Å². The van der Waals surface area contributed by atoms with Crippen LogP contribution < -0.4 is 0 Å². The van der Waals surface area contributed by atoms with E-state index in [2.05, 4.69) is 0 Å². The highest BCUT2D eigenvalue weighted by Crippen LogP contribution is 2.40. The molecular formula is C20H21NO6S. The van der Waals surface area contributed by atoms with Crippen LogP contribution in [-0.2, 0) is 28.8 Å². The molecule has 2 aromatic rings. The van der Waals surface area contributed by atoms with Gasteiger partial charge in [0.1, 0.15) is 0 Å². The summed E-state index contributed by atoms with van der Waals surface area (Å²) in [6.45, 7) is 0. The summed E-state index contributed by atoms with van der Waals surface area (Å²) < 4.78 is 42.1. The number of nitriles is 1. The van der Waals surface area contributed by atoms with Gasteiger partial charge >= 0.3 is 5.97 Å². The Balaban J connectivity index is 2.78. The first-order valence-corrected chi connectivity index (χ1v) is 9.86. The molecule has 148 valence electrons. The smallest absolute Gasteiger partial charge is 0.367 e. The SMILES string of the molecule is COC(=O)C(OC)(OC)C(c1ccccc1)C(C#N)S(=O)(=O)c1ccccc1. The summed E-state index contributed by atoms with van der Waals surface area (Å²) in [4.78, 5) is 12.6. The van der Waals surface area contributed by atoms with Crippen molar-refractivity contribution in [1.29, 1.82) is 5.26 Å². The van der Waals surface area contributed by atoms with Gasteiger partial charge in [0.25, 0.3) is 5.79 Å². The van der Waals surface area contributed by atoms with Gasteiger partial charge in [0.2, 0.25) is 0 Å². The Kier molecular flexibility index (Phi) is 6.91. The van der Waals surface area contributed by atoms with Crippen LogP contribution in [0.25, 0.3) is 0 Å². The number of carbonyl (C=O) groups excluding carboxylic acids is 1. The van der Waals surface area contributed by atoms with Crippen molar-refractivity contribution >= 4 is 15.8 Å². The van der Waals surface area contributed by atoms with E-state index in [-0.39, 0.29) is 4.90 Å². The van der Waals surface area contributed by atoms with Crippen molar-refractivity contribution in [2.45, 2.75) is 21.9 Å². The second-order valence-electron chi connectivity index (χ2n) is 5.86. The van der Waals surface area contributed by atoms with Crippen molar-refractivity contribution in [3.63, 3.8) is 0 Å². The van der Waals surface area contributed by atoms with Gasteiger partial charge in [-0.1, -0.05) is 48.5 Å². The number of benzene rings is 2. The average Bonchev–Trinajstić information content (AvgIpc) is 2.75. The third-order valence-corrected chi connectivity index (χ3v) is 6.46. The van der Waals surface area contributed by atoms with Crippen molar-refractivity contribution in [1.82, 2.24) is 0 Å². The maximum Gasteiger partial charge on any atom is 0.367 e. The number of carbonyl (C=O) groups is 1. The number of esters is 1. The molecule has 28 heavy (non-hydrogen) atoms. The van der Waals surface area contributed by atoms with Gasteiger partial charge in [0.15, 0.2) is 15.1 Å². The van der Waals surface area contributed by atoms with Crippen LogP contribution >= 0.6 is 0 Å². The van der Waals surface area contributed by atoms with Gasteiger partial charge in [-0.2, -0.15) is 5.26 Å². The van der Waals surface area contributed by atoms with Crippen molar-refractivity contribution in [3.8, 4) is 6.07 Å². The van der Waals surface area contributed by atoms with Crippen LogP contribution in [0.4, 0.5) is 0 Å². The topological polar surface area (TPSA) is 103 Å². The van der Waals surface area contributed by atoms with Gasteiger partial charge in [0.05, 0.1) is 24.0 Å². The van der Waals surface area contributed by atoms with Gasteiger partial charge in [-0.25, -0.2) is 13.2 Å². The summed E-state index contributed by atoms with van der Waals surface area (Å²) in [5.74, 6) is -4.40. The Morgan fingerprint density at radius 1 is 0.964 bits per heavy atom. The summed E-state index contributed by atoms with van der Waals surface area (Å²) in [7, 11) is -0.654. The van der Waals surface area contributed by atoms with Crippen LogP contribution in [0.15, 0.2) is 65.6 Å². The number of nitrogens with zero attached hydrogens (tertiary/aromatic N) is 1. The molecule has 7 nitrogen and oxygen atoms in total.